The van der Waals surface area contributed by atoms with E-state index < -0.39 is 0 Å². The lowest BCUT2D eigenvalue weighted by atomic mass is 10.0. The number of carbonyl (C=O) groups is 1. The van der Waals surface area contributed by atoms with Crippen LogP contribution in [0, 0.1) is 6.92 Å². The summed E-state index contributed by atoms with van der Waals surface area (Å²) in [6, 6.07) is 11.5. The van der Waals surface area contributed by atoms with Crippen molar-refractivity contribution >= 4 is 17.3 Å². The van der Waals surface area contributed by atoms with Crippen LogP contribution in [0.3, 0.4) is 0 Å². The third-order valence-corrected chi connectivity index (χ3v) is 2.71. The number of nitrogens with zero attached hydrogens (tertiary/aromatic N) is 1. The normalized spacial score (nSPS) is 11.4. The Morgan fingerprint density at radius 3 is 2.68 bits per heavy atom. The number of allylic oxidation sites excluding steroid dienone is 1. The number of hydrogen-bond donors (Lipinski definition) is 1. The summed E-state index contributed by atoms with van der Waals surface area (Å²) in [7, 11) is 0. The molecule has 0 aliphatic rings. The Morgan fingerprint density at radius 1 is 1.37 bits per heavy atom. The molecule has 0 bridgehead atoms. The van der Waals surface area contributed by atoms with Crippen molar-refractivity contribution in [2.75, 3.05) is 5.32 Å². The van der Waals surface area contributed by atoms with E-state index >= 15 is 0 Å². The molecule has 19 heavy (non-hydrogen) atoms. The fourth-order valence-corrected chi connectivity index (χ4v) is 1.79. The average Bonchev–Trinajstić information content (AvgIpc) is 2.82. The number of carbonyl (C=O) groups excluding carboxylic acids is 1. The third-order valence-electron chi connectivity index (χ3n) is 2.71. The Bertz CT molecular complexity index is 585. The third kappa shape index (κ3) is 3.55. The highest BCUT2D eigenvalue weighted by molar-refractivity contribution is 6.03. The van der Waals surface area contributed by atoms with Gasteiger partial charge in [-0.15, -0.1) is 0 Å². The van der Waals surface area contributed by atoms with Crippen molar-refractivity contribution in [3.8, 4) is 0 Å². The number of aromatic nitrogens is 1. The zero-order valence-electron chi connectivity index (χ0n) is 11.0. The Balaban J connectivity index is 2.12. The Labute approximate surface area is 112 Å². The molecule has 0 aliphatic carbocycles. The Kier molecular flexibility index (Phi) is 4.13. The smallest absolute Gasteiger partial charge is 0.249 e. The predicted molar refractivity (Wildman–Crippen MR) is 74.6 cm³/mol. The van der Waals surface area contributed by atoms with Crippen LogP contribution < -0.4 is 5.32 Å². The molecule has 0 saturated carbocycles. The molecule has 0 saturated heterocycles. The molecule has 0 radical (unpaired) electrons. The van der Waals surface area contributed by atoms with Gasteiger partial charge >= 0.3 is 0 Å². The number of benzene rings is 1. The van der Waals surface area contributed by atoms with Crippen LogP contribution in [0.4, 0.5) is 5.82 Å². The van der Waals surface area contributed by atoms with Gasteiger partial charge in [0.05, 0.1) is 0 Å². The van der Waals surface area contributed by atoms with Crippen LogP contribution in [0.2, 0.25) is 0 Å². The van der Waals surface area contributed by atoms with Crippen LogP contribution in [0.1, 0.15) is 24.7 Å². The van der Waals surface area contributed by atoms with Gasteiger partial charge in [-0.1, -0.05) is 42.4 Å². The molecule has 1 heterocycles. The van der Waals surface area contributed by atoms with Gasteiger partial charge in [-0.3, -0.25) is 4.79 Å². The fourth-order valence-electron chi connectivity index (χ4n) is 1.79. The summed E-state index contributed by atoms with van der Waals surface area (Å²) in [5, 5.41) is 6.40. The molecule has 2 rings (SSSR count). The van der Waals surface area contributed by atoms with E-state index in [1.165, 1.54) is 0 Å². The lowest BCUT2D eigenvalue weighted by molar-refractivity contribution is -0.111. The highest BCUT2D eigenvalue weighted by Crippen LogP contribution is 2.17. The monoisotopic (exact) mass is 256 g/mol. The molecule has 1 aromatic carbocycles. The summed E-state index contributed by atoms with van der Waals surface area (Å²) in [5.41, 5.74) is 2.04. The number of rotatable bonds is 4. The number of amides is 1. The molecule has 4 nitrogen and oxygen atoms in total. The summed E-state index contributed by atoms with van der Waals surface area (Å²) in [5.74, 6) is 0.898. The summed E-state index contributed by atoms with van der Waals surface area (Å²) in [6.45, 7) is 3.80. The molecule has 0 unspecified atom stereocenters. The van der Waals surface area contributed by atoms with Gasteiger partial charge in [-0.25, -0.2) is 0 Å². The second-order valence-corrected chi connectivity index (χ2v) is 4.20. The van der Waals surface area contributed by atoms with Crippen LogP contribution in [0.25, 0.3) is 5.57 Å². The first-order valence-electron chi connectivity index (χ1n) is 6.19. The van der Waals surface area contributed by atoms with E-state index in [-0.39, 0.29) is 5.91 Å². The lowest BCUT2D eigenvalue weighted by Crippen LogP contribution is -2.09. The van der Waals surface area contributed by atoms with E-state index in [2.05, 4.69) is 10.5 Å². The zero-order chi connectivity index (χ0) is 13.7. The molecular formula is C15H16N2O2. The standard InChI is InChI=1S/C15H16N2O2/c1-3-12(13-7-5-4-6-8-13)10-15(18)16-14-9-11(2)19-17-14/h4-10H,3H2,1-2H3,(H,16,17,18)/b12-10+. The van der Waals surface area contributed by atoms with Crippen LogP contribution in [0.5, 0.6) is 0 Å². The number of nitrogens with one attached hydrogen (secondary N) is 1. The minimum Gasteiger partial charge on any atom is -0.360 e. The molecule has 0 aliphatic heterocycles. The van der Waals surface area contributed by atoms with Crippen LogP contribution in [0.15, 0.2) is 47.0 Å². The first-order valence-corrected chi connectivity index (χ1v) is 6.19. The van der Waals surface area contributed by atoms with E-state index in [1.54, 1.807) is 19.1 Å². The van der Waals surface area contributed by atoms with Crippen molar-refractivity contribution in [2.24, 2.45) is 0 Å². The van der Waals surface area contributed by atoms with E-state index in [9.17, 15) is 4.79 Å². The van der Waals surface area contributed by atoms with E-state index in [0.29, 0.717) is 11.6 Å². The molecule has 2 aromatic rings. The summed E-state index contributed by atoms with van der Waals surface area (Å²) in [6.07, 6.45) is 2.38. The predicted octanol–water partition coefficient (Wildman–Crippen LogP) is 3.42. The van der Waals surface area contributed by atoms with Crippen molar-refractivity contribution in [3.05, 3.63) is 53.8 Å². The van der Waals surface area contributed by atoms with Gasteiger partial charge in [0.1, 0.15) is 5.76 Å². The maximum atomic E-state index is 11.9. The molecular weight excluding hydrogens is 240 g/mol. The number of anilines is 1. The van der Waals surface area contributed by atoms with Crippen LogP contribution in [-0.2, 0) is 4.79 Å². The number of hydrogen-bond acceptors (Lipinski definition) is 3. The Morgan fingerprint density at radius 2 is 2.11 bits per heavy atom. The quantitative estimate of drug-likeness (QED) is 0.853. The van der Waals surface area contributed by atoms with Crippen LogP contribution in [-0.4, -0.2) is 11.1 Å². The maximum Gasteiger partial charge on any atom is 0.249 e. The Hall–Kier alpha value is -2.36. The molecule has 98 valence electrons. The highest BCUT2D eigenvalue weighted by Gasteiger charge is 2.06. The van der Waals surface area contributed by atoms with Gasteiger partial charge in [0, 0.05) is 12.1 Å². The van der Waals surface area contributed by atoms with Gasteiger partial charge in [0.15, 0.2) is 5.82 Å². The van der Waals surface area contributed by atoms with E-state index in [4.69, 9.17) is 4.52 Å². The second-order valence-electron chi connectivity index (χ2n) is 4.20. The van der Waals surface area contributed by atoms with Gasteiger partial charge in [-0.2, -0.15) is 0 Å². The SMILES string of the molecule is CC/C(=C\C(=O)Nc1cc(C)on1)c1ccccc1. The average molecular weight is 256 g/mol. The van der Waals surface area contributed by atoms with Gasteiger partial charge in [-0.05, 0) is 24.5 Å². The van der Waals surface area contributed by atoms with Gasteiger partial charge < -0.3 is 9.84 Å². The van der Waals surface area contributed by atoms with Gasteiger partial charge in [0.25, 0.3) is 0 Å². The lowest BCUT2D eigenvalue weighted by Gasteiger charge is -2.04. The van der Waals surface area contributed by atoms with Crippen molar-refractivity contribution in [1.29, 1.82) is 0 Å². The van der Waals surface area contributed by atoms with Crippen molar-refractivity contribution in [3.63, 3.8) is 0 Å². The molecule has 1 N–H and O–H groups in total. The first-order chi connectivity index (χ1) is 9.19. The molecule has 0 fully saturated rings. The molecule has 0 atom stereocenters. The van der Waals surface area contributed by atoms with E-state index in [0.717, 1.165) is 17.6 Å². The molecule has 0 spiro atoms. The maximum absolute atomic E-state index is 11.9. The topological polar surface area (TPSA) is 55.1 Å². The minimum absolute atomic E-state index is 0.200. The highest BCUT2D eigenvalue weighted by atomic mass is 16.5. The largest absolute Gasteiger partial charge is 0.360 e. The zero-order valence-corrected chi connectivity index (χ0v) is 11.0. The van der Waals surface area contributed by atoms with E-state index in [1.807, 2.05) is 37.3 Å². The van der Waals surface area contributed by atoms with Crippen molar-refractivity contribution in [2.45, 2.75) is 20.3 Å². The minimum atomic E-state index is -0.200. The molecule has 1 amide bonds. The van der Waals surface area contributed by atoms with Crippen molar-refractivity contribution in [1.82, 2.24) is 5.16 Å². The van der Waals surface area contributed by atoms with Gasteiger partial charge in [0.2, 0.25) is 5.91 Å². The summed E-state index contributed by atoms with van der Waals surface area (Å²) >= 11 is 0. The number of aryl methyl sites for hydroxylation is 1. The molecule has 4 heteroatoms. The summed E-state index contributed by atoms with van der Waals surface area (Å²) in [4.78, 5) is 11.9. The molecule has 1 aromatic heterocycles. The summed E-state index contributed by atoms with van der Waals surface area (Å²) < 4.78 is 4.90. The van der Waals surface area contributed by atoms with Crippen LogP contribution >= 0.6 is 0 Å². The first kappa shape index (κ1) is 13.1. The second kappa shape index (κ2) is 6.00. The fraction of sp³-hybridized carbons (Fsp3) is 0.200. The van der Waals surface area contributed by atoms with Crippen molar-refractivity contribution < 1.29 is 9.32 Å².